The Morgan fingerprint density at radius 3 is 2.53 bits per heavy atom. The summed E-state index contributed by atoms with van der Waals surface area (Å²) in [5.41, 5.74) is 5.13. The van der Waals surface area contributed by atoms with Gasteiger partial charge in [-0.05, 0) is 102 Å². The lowest BCUT2D eigenvalue weighted by molar-refractivity contribution is -0.121. The molecule has 0 saturated carbocycles. The molecule has 0 aliphatic heterocycles. The van der Waals surface area contributed by atoms with Crippen molar-refractivity contribution in [3.05, 3.63) is 76.3 Å². The lowest BCUT2D eigenvalue weighted by Crippen LogP contribution is -2.37. The van der Waals surface area contributed by atoms with Gasteiger partial charge in [0.15, 0.2) is 11.7 Å². The van der Waals surface area contributed by atoms with Crippen molar-refractivity contribution in [3.8, 4) is 16.3 Å². The molecule has 0 unspecified atom stereocenters. The largest absolute Gasteiger partial charge is 0.483 e. The van der Waals surface area contributed by atoms with Crippen LogP contribution in [0.2, 0.25) is 0 Å². The summed E-state index contributed by atoms with van der Waals surface area (Å²) in [5.74, 6) is 0.265. The summed E-state index contributed by atoms with van der Waals surface area (Å²) in [7, 11) is 0. The third kappa shape index (κ3) is 5.51. The molecule has 32 heavy (non-hydrogen) atoms. The average molecular weight is 526 g/mol. The average Bonchev–Trinajstić information content (AvgIpc) is 3.16. The van der Waals surface area contributed by atoms with Crippen molar-refractivity contribution in [1.29, 1.82) is 0 Å². The van der Waals surface area contributed by atoms with Gasteiger partial charge < -0.3 is 10.1 Å². The van der Waals surface area contributed by atoms with Gasteiger partial charge in [0.2, 0.25) is 0 Å². The van der Waals surface area contributed by atoms with Crippen LogP contribution in [-0.2, 0) is 4.79 Å². The molecule has 3 aromatic carbocycles. The number of carbonyl (C=O) groups is 1. The van der Waals surface area contributed by atoms with Crippen molar-refractivity contribution in [3.63, 3.8) is 0 Å². The van der Waals surface area contributed by atoms with Gasteiger partial charge >= 0.3 is 0 Å². The lowest BCUT2D eigenvalue weighted by Gasteiger charge is -2.11. The number of carbonyl (C=O) groups excluding carboxylic acids is 1. The second kappa shape index (κ2) is 9.77. The zero-order valence-corrected chi connectivity index (χ0v) is 20.7. The van der Waals surface area contributed by atoms with Crippen LogP contribution in [0.5, 0.6) is 5.75 Å². The zero-order valence-electron chi connectivity index (χ0n) is 17.4. The van der Waals surface area contributed by atoms with E-state index in [1.807, 2.05) is 55.5 Å². The predicted octanol–water partition coefficient (Wildman–Crippen LogP) is 6.23. The van der Waals surface area contributed by atoms with E-state index in [0.29, 0.717) is 5.75 Å². The minimum atomic E-state index is -0.337. The normalized spacial score (nSPS) is 10.7. The number of fused-ring (bicyclic) bond motifs is 1. The second-order valence-electron chi connectivity index (χ2n) is 7.29. The quantitative estimate of drug-likeness (QED) is 0.302. The predicted molar refractivity (Wildman–Crippen MR) is 139 cm³/mol. The monoisotopic (exact) mass is 525 g/mol. The summed E-state index contributed by atoms with van der Waals surface area (Å²) in [6.45, 7) is 3.92. The number of hydrogen-bond acceptors (Lipinski definition) is 5. The van der Waals surface area contributed by atoms with E-state index in [2.05, 4.69) is 45.6 Å². The smallest absolute Gasteiger partial charge is 0.264 e. The molecule has 1 aromatic heterocycles. The first-order valence-corrected chi connectivity index (χ1v) is 11.9. The van der Waals surface area contributed by atoms with Crippen LogP contribution in [0, 0.1) is 13.8 Å². The topological polar surface area (TPSA) is 63.2 Å². The summed E-state index contributed by atoms with van der Waals surface area (Å²) < 4.78 is 7.52. The first kappa shape index (κ1) is 22.4. The first-order chi connectivity index (χ1) is 15.4. The number of nitrogens with one attached hydrogen (secondary N) is 2. The number of benzene rings is 3. The fourth-order valence-corrected chi connectivity index (χ4v) is 4.95. The molecular weight excluding hydrogens is 506 g/mol. The number of nitrogens with zero attached hydrogens (tertiary/aromatic N) is 1. The molecular formula is C24H20BrN3O2S2. The Bertz CT molecular complexity index is 1300. The van der Waals surface area contributed by atoms with Crippen LogP contribution in [-0.4, -0.2) is 22.6 Å². The molecule has 8 heteroatoms. The van der Waals surface area contributed by atoms with Gasteiger partial charge in [-0.15, -0.1) is 11.3 Å². The van der Waals surface area contributed by atoms with Gasteiger partial charge in [0, 0.05) is 11.3 Å². The van der Waals surface area contributed by atoms with Crippen molar-refractivity contribution in [2.24, 2.45) is 0 Å². The molecule has 162 valence electrons. The summed E-state index contributed by atoms with van der Waals surface area (Å²) in [6, 6.07) is 19.7. The minimum Gasteiger partial charge on any atom is -0.483 e. The maximum atomic E-state index is 12.2. The molecule has 0 spiro atoms. The van der Waals surface area contributed by atoms with Crippen LogP contribution in [0.25, 0.3) is 20.8 Å². The number of aryl methyl sites for hydroxylation is 2. The SMILES string of the molecule is Cc1ccc(OCC(=O)NC(=S)Nc2ccc(-c3nc4ccc(C)cc4s3)cc2)c(Br)c1. The Morgan fingerprint density at radius 1 is 1.06 bits per heavy atom. The van der Waals surface area contributed by atoms with Gasteiger partial charge in [-0.1, -0.05) is 12.1 Å². The number of anilines is 1. The van der Waals surface area contributed by atoms with Crippen LogP contribution >= 0.6 is 39.5 Å². The fourth-order valence-electron chi connectivity index (χ4n) is 3.04. The lowest BCUT2D eigenvalue weighted by atomic mass is 10.2. The van der Waals surface area contributed by atoms with E-state index in [0.717, 1.165) is 31.8 Å². The van der Waals surface area contributed by atoms with Gasteiger partial charge in [0.05, 0.1) is 14.7 Å². The molecule has 5 nitrogen and oxygen atoms in total. The van der Waals surface area contributed by atoms with Crippen LogP contribution < -0.4 is 15.4 Å². The molecule has 0 radical (unpaired) electrons. The maximum absolute atomic E-state index is 12.2. The Morgan fingerprint density at radius 2 is 1.78 bits per heavy atom. The first-order valence-electron chi connectivity index (χ1n) is 9.85. The van der Waals surface area contributed by atoms with Gasteiger partial charge in [0.25, 0.3) is 5.91 Å². The molecule has 0 bridgehead atoms. The summed E-state index contributed by atoms with van der Waals surface area (Å²) in [4.78, 5) is 16.9. The molecule has 4 rings (SSSR count). The van der Waals surface area contributed by atoms with E-state index < -0.39 is 0 Å². The molecule has 0 atom stereocenters. The number of hydrogen-bond donors (Lipinski definition) is 2. The van der Waals surface area contributed by atoms with Crippen molar-refractivity contribution in [2.75, 3.05) is 11.9 Å². The van der Waals surface area contributed by atoms with Gasteiger partial charge in [0.1, 0.15) is 10.8 Å². The summed E-state index contributed by atoms with van der Waals surface area (Å²) in [6.07, 6.45) is 0. The molecule has 0 aliphatic carbocycles. The van der Waals surface area contributed by atoms with Crippen LogP contribution in [0.15, 0.2) is 65.1 Å². The van der Waals surface area contributed by atoms with E-state index in [1.165, 1.54) is 10.3 Å². The Kier molecular flexibility index (Phi) is 6.83. The van der Waals surface area contributed by atoms with Crippen LogP contribution in [0.4, 0.5) is 5.69 Å². The van der Waals surface area contributed by atoms with E-state index in [9.17, 15) is 4.79 Å². The number of rotatable bonds is 5. The number of aromatic nitrogens is 1. The Labute approximate surface area is 204 Å². The van der Waals surface area contributed by atoms with Crippen molar-refractivity contribution < 1.29 is 9.53 Å². The molecule has 1 heterocycles. The number of amides is 1. The summed E-state index contributed by atoms with van der Waals surface area (Å²) >= 11 is 10.3. The molecule has 0 fully saturated rings. The Hall–Kier alpha value is -2.81. The van der Waals surface area contributed by atoms with E-state index in [1.54, 1.807) is 11.3 Å². The summed E-state index contributed by atoms with van der Waals surface area (Å²) in [5, 5.41) is 6.83. The van der Waals surface area contributed by atoms with Gasteiger partial charge in [-0.25, -0.2) is 4.98 Å². The third-order valence-electron chi connectivity index (χ3n) is 4.63. The number of halogens is 1. The second-order valence-corrected chi connectivity index (χ2v) is 9.59. The van der Waals surface area contributed by atoms with E-state index in [4.69, 9.17) is 21.9 Å². The zero-order chi connectivity index (χ0) is 22.7. The van der Waals surface area contributed by atoms with E-state index >= 15 is 0 Å². The van der Waals surface area contributed by atoms with Gasteiger partial charge in [-0.3, -0.25) is 10.1 Å². The third-order valence-corrected chi connectivity index (χ3v) is 6.52. The van der Waals surface area contributed by atoms with E-state index in [-0.39, 0.29) is 17.6 Å². The number of ether oxygens (including phenoxy) is 1. The molecule has 4 aromatic rings. The molecule has 1 amide bonds. The van der Waals surface area contributed by atoms with Crippen molar-refractivity contribution in [1.82, 2.24) is 10.3 Å². The maximum Gasteiger partial charge on any atom is 0.264 e. The van der Waals surface area contributed by atoms with Crippen LogP contribution in [0.3, 0.4) is 0 Å². The standard InChI is InChI=1S/C24H20BrN3O2S2/c1-14-4-10-20(18(25)11-14)30-13-22(29)28-24(31)26-17-7-5-16(6-8-17)23-27-19-9-3-15(2)12-21(19)32-23/h3-12H,13H2,1-2H3,(H2,26,28,29,31). The Balaban J connectivity index is 1.32. The fraction of sp³-hybridized carbons (Fsp3) is 0.125. The molecule has 0 aliphatic rings. The highest BCUT2D eigenvalue weighted by atomic mass is 79.9. The molecule has 2 N–H and O–H groups in total. The highest BCUT2D eigenvalue weighted by molar-refractivity contribution is 9.10. The molecule has 0 saturated heterocycles. The van der Waals surface area contributed by atoms with Gasteiger partial charge in [-0.2, -0.15) is 0 Å². The van der Waals surface area contributed by atoms with Crippen molar-refractivity contribution >= 4 is 66.4 Å². The highest BCUT2D eigenvalue weighted by Gasteiger charge is 2.10. The minimum absolute atomic E-state index is 0.139. The number of thiocarbonyl (C=S) groups is 1. The highest BCUT2D eigenvalue weighted by Crippen LogP contribution is 2.31. The van der Waals surface area contributed by atoms with Crippen LogP contribution in [0.1, 0.15) is 11.1 Å². The number of thiazole rings is 1. The van der Waals surface area contributed by atoms with Crippen molar-refractivity contribution in [2.45, 2.75) is 13.8 Å².